The summed E-state index contributed by atoms with van der Waals surface area (Å²) >= 11 is 0. The molecule has 0 bridgehead atoms. The van der Waals surface area contributed by atoms with Crippen molar-refractivity contribution < 1.29 is 23.9 Å². The van der Waals surface area contributed by atoms with E-state index >= 15 is 0 Å². The second-order valence-electron chi connectivity index (χ2n) is 6.88. The Morgan fingerprint density at radius 1 is 0.800 bits per heavy atom. The van der Waals surface area contributed by atoms with Crippen molar-refractivity contribution >= 4 is 28.5 Å². The van der Waals surface area contributed by atoms with E-state index in [9.17, 15) is 14.4 Å². The molecule has 0 spiro atoms. The maximum absolute atomic E-state index is 12.6. The van der Waals surface area contributed by atoms with Gasteiger partial charge in [-0.25, -0.2) is 0 Å². The van der Waals surface area contributed by atoms with Crippen LogP contribution in [-0.4, -0.2) is 30.8 Å². The van der Waals surface area contributed by atoms with Crippen molar-refractivity contribution in [3.05, 3.63) is 71.8 Å². The zero-order valence-electron chi connectivity index (χ0n) is 16.9. The van der Waals surface area contributed by atoms with Crippen LogP contribution in [0.1, 0.15) is 29.8 Å². The molecule has 0 amide bonds. The minimum Gasteiger partial charge on any atom is -0.423 e. The number of esters is 2. The van der Waals surface area contributed by atoms with E-state index in [4.69, 9.17) is 9.47 Å². The molecule has 154 valence electrons. The normalized spacial score (nSPS) is 10.6. The van der Waals surface area contributed by atoms with Crippen LogP contribution in [-0.2, 0) is 16.0 Å². The fourth-order valence-electron chi connectivity index (χ4n) is 3.08. The SMILES string of the molecule is CC(=O)Oc1cc2ccc(C(=O)CNCCc3ccccc3)cc2cc1OC(C)=O. The lowest BCUT2D eigenvalue weighted by atomic mass is 10.0. The molecule has 3 aromatic rings. The number of ketones is 1. The van der Waals surface area contributed by atoms with E-state index in [2.05, 4.69) is 17.4 Å². The van der Waals surface area contributed by atoms with Gasteiger partial charge in [0.25, 0.3) is 0 Å². The first-order valence-corrected chi connectivity index (χ1v) is 9.65. The maximum Gasteiger partial charge on any atom is 0.308 e. The molecule has 0 fully saturated rings. The second-order valence-corrected chi connectivity index (χ2v) is 6.88. The van der Waals surface area contributed by atoms with Crippen molar-refractivity contribution in [3.8, 4) is 11.5 Å². The van der Waals surface area contributed by atoms with Crippen LogP contribution >= 0.6 is 0 Å². The van der Waals surface area contributed by atoms with E-state index < -0.39 is 11.9 Å². The number of hydrogen-bond donors (Lipinski definition) is 1. The van der Waals surface area contributed by atoms with E-state index in [1.165, 1.54) is 19.4 Å². The molecule has 6 nitrogen and oxygen atoms in total. The van der Waals surface area contributed by atoms with E-state index in [0.29, 0.717) is 17.5 Å². The van der Waals surface area contributed by atoms with Crippen LogP contribution in [0.25, 0.3) is 10.8 Å². The van der Waals surface area contributed by atoms with Crippen molar-refractivity contribution in [1.82, 2.24) is 5.32 Å². The summed E-state index contributed by atoms with van der Waals surface area (Å²) in [5.41, 5.74) is 1.76. The van der Waals surface area contributed by atoms with Gasteiger partial charge in [-0.05, 0) is 47.5 Å². The molecule has 0 heterocycles. The number of ether oxygens (including phenoxy) is 2. The Kier molecular flexibility index (Phi) is 6.93. The first kappa shape index (κ1) is 21.2. The summed E-state index contributed by atoms with van der Waals surface area (Å²) in [6.45, 7) is 3.46. The summed E-state index contributed by atoms with van der Waals surface area (Å²) in [4.78, 5) is 35.3. The van der Waals surface area contributed by atoms with Crippen molar-refractivity contribution in [2.45, 2.75) is 20.3 Å². The molecule has 3 aromatic carbocycles. The van der Waals surface area contributed by atoms with Gasteiger partial charge in [0, 0.05) is 19.4 Å². The number of hydrogen-bond acceptors (Lipinski definition) is 6. The first-order chi connectivity index (χ1) is 14.4. The molecule has 0 aromatic heterocycles. The molecular formula is C24H23NO5. The van der Waals surface area contributed by atoms with Gasteiger partial charge in [-0.15, -0.1) is 0 Å². The highest BCUT2D eigenvalue weighted by Gasteiger charge is 2.14. The average molecular weight is 405 g/mol. The maximum atomic E-state index is 12.6. The van der Waals surface area contributed by atoms with Crippen LogP contribution in [0.3, 0.4) is 0 Å². The van der Waals surface area contributed by atoms with Crippen LogP contribution < -0.4 is 14.8 Å². The Balaban J connectivity index is 1.72. The van der Waals surface area contributed by atoms with Gasteiger partial charge in [-0.2, -0.15) is 0 Å². The molecule has 6 heteroatoms. The minimum absolute atomic E-state index is 0.0388. The Labute approximate surface area is 174 Å². The number of nitrogens with one attached hydrogen (secondary N) is 1. The summed E-state index contributed by atoms with van der Waals surface area (Å²) < 4.78 is 10.3. The highest BCUT2D eigenvalue weighted by molar-refractivity contribution is 6.01. The predicted molar refractivity (Wildman–Crippen MR) is 114 cm³/mol. The van der Waals surface area contributed by atoms with Gasteiger partial charge in [0.05, 0.1) is 6.54 Å². The van der Waals surface area contributed by atoms with Crippen molar-refractivity contribution in [3.63, 3.8) is 0 Å². The average Bonchev–Trinajstić information content (AvgIpc) is 2.71. The largest absolute Gasteiger partial charge is 0.423 e. The third kappa shape index (κ3) is 5.75. The van der Waals surface area contributed by atoms with Gasteiger partial charge < -0.3 is 14.8 Å². The third-order valence-electron chi connectivity index (χ3n) is 4.45. The quantitative estimate of drug-likeness (QED) is 0.266. The molecule has 0 saturated heterocycles. The predicted octanol–water partition coefficient (Wildman–Crippen LogP) is 3.71. The fraction of sp³-hybridized carbons (Fsp3) is 0.208. The summed E-state index contributed by atoms with van der Waals surface area (Å²) in [6.07, 6.45) is 0.844. The van der Waals surface area contributed by atoms with Crippen molar-refractivity contribution in [1.29, 1.82) is 0 Å². The van der Waals surface area contributed by atoms with Crippen LogP contribution in [0, 0.1) is 0 Å². The molecule has 0 unspecified atom stereocenters. The number of Topliss-reactive ketones (excluding diaryl/α,β-unsaturated/α-hetero) is 1. The smallest absolute Gasteiger partial charge is 0.308 e. The van der Waals surface area contributed by atoms with Crippen LogP contribution in [0.15, 0.2) is 60.7 Å². The molecule has 0 aliphatic carbocycles. The standard InChI is InChI=1S/C24H23NO5/c1-16(26)29-23-13-19-8-9-20(12-21(19)14-24(23)30-17(2)27)22(28)15-25-11-10-18-6-4-3-5-7-18/h3-9,12-14,25H,10-11,15H2,1-2H3. The monoisotopic (exact) mass is 405 g/mol. The Morgan fingerprint density at radius 3 is 2.07 bits per heavy atom. The Hall–Kier alpha value is -3.51. The Bertz CT molecular complexity index is 1080. The topological polar surface area (TPSA) is 81.7 Å². The van der Waals surface area contributed by atoms with Gasteiger partial charge in [-0.1, -0.05) is 42.5 Å². The zero-order valence-corrected chi connectivity index (χ0v) is 16.9. The van der Waals surface area contributed by atoms with Gasteiger partial charge >= 0.3 is 11.9 Å². The number of fused-ring (bicyclic) bond motifs is 1. The van der Waals surface area contributed by atoms with Crippen molar-refractivity contribution in [2.75, 3.05) is 13.1 Å². The fourth-order valence-corrected chi connectivity index (χ4v) is 3.08. The van der Waals surface area contributed by atoms with Crippen LogP contribution in [0.2, 0.25) is 0 Å². The molecule has 0 radical (unpaired) electrons. The second kappa shape index (κ2) is 9.80. The minimum atomic E-state index is -0.530. The summed E-state index contributed by atoms with van der Waals surface area (Å²) in [5, 5.41) is 4.64. The highest BCUT2D eigenvalue weighted by atomic mass is 16.6. The first-order valence-electron chi connectivity index (χ1n) is 9.65. The Morgan fingerprint density at radius 2 is 1.43 bits per heavy atom. The summed E-state index contributed by atoms with van der Waals surface area (Å²) in [7, 11) is 0. The van der Waals surface area contributed by atoms with E-state index in [-0.39, 0.29) is 23.8 Å². The number of carbonyl (C=O) groups excluding carboxylic acids is 3. The van der Waals surface area contributed by atoms with E-state index in [1.54, 1.807) is 30.3 Å². The summed E-state index contributed by atoms with van der Waals surface area (Å²) in [6, 6.07) is 18.5. The molecule has 3 rings (SSSR count). The lowest BCUT2D eigenvalue weighted by Gasteiger charge is -2.11. The van der Waals surface area contributed by atoms with E-state index in [0.717, 1.165) is 11.8 Å². The van der Waals surface area contributed by atoms with Gasteiger partial charge in [0.15, 0.2) is 17.3 Å². The summed E-state index contributed by atoms with van der Waals surface area (Å²) in [5.74, 6) is -0.792. The molecule has 0 atom stereocenters. The number of benzene rings is 3. The lowest BCUT2D eigenvalue weighted by molar-refractivity contribution is -0.134. The molecule has 0 saturated carbocycles. The van der Waals surface area contributed by atoms with Gasteiger partial charge in [0.2, 0.25) is 0 Å². The molecular weight excluding hydrogens is 382 g/mol. The van der Waals surface area contributed by atoms with Crippen LogP contribution in [0.4, 0.5) is 0 Å². The number of rotatable bonds is 8. The zero-order chi connectivity index (χ0) is 21.5. The molecule has 30 heavy (non-hydrogen) atoms. The van der Waals surface area contributed by atoms with E-state index in [1.807, 2.05) is 18.2 Å². The van der Waals surface area contributed by atoms with Gasteiger partial charge in [0.1, 0.15) is 0 Å². The number of carbonyl (C=O) groups is 3. The molecule has 0 aliphatic heterocycles. The van der Waals surface area contributed by atoms with Crippen molar-refractivity contribution in [2.24, 2.45) is 0 Å². The molecule has 1 N–H and O–H groups in total. The third-order valence-corrected chi connectivity index (χ3v) is 4.45. The lowest BCUT2D eigenvalue weighted by Crippen LogP contribution is -2.25. The van der Waals surface area contributed by atoms with Gasteiger partial charge in [-0.3, -0.25) is 14.4 Å². The highest BCUT2D eigenvalue weighted by Crippen LogP contribution is 2.33. The van der Waals surface area contributed by atoms with Crippen LogP contribution in [0.5, 0.6) is 11.5 Å². The molecule has 0 aliphatic rings.